The average Bonchev–Trinajstić information content (AvgIpc) is 2.60. The molecule has 2 aliphatic carbocycles. The number of hydrogen-bond donors (Lipinski definition) is 9. The number of hydrogen-bond acceptors (Lipinski definition) is 11. The Morgan fingerprint density at radius 3 is 1.97 bits per heavy atom. The van der Waals surface area contributed by atoms with Crippen LogP contribution >= 0.6 is 0 Å². The number of rotatable bonds is 7. The lowest BCUT2D eigenvalue weighted by Gasteiger charge is -2.46. The van der Waals surface area contributed by atoms with Crippen molar-refractivity contribution >= 4 is 26.4 Å². The number of carbonyl (C=O) groups is 1. The highest BCUT2D eigenvalue weighted by Crippen LogP contribution is 2.35. The molecule has 0 radical (unpaired) electrons. The summed E-state index contributed by atoms with van der Waals surface area (Å²) in [7, 11) is -9.68. The molecule has 0 aromatic heterocycles. The predicted molar refractivity (Wildman–Crippen MR) is 97.4 cm³/mol. The van der Waals surface area contributed by atoms with Crippen LogP contribution in [-0.4, -0.2) is 117 Å². The molecule has 4 unspecified atom stereocenters. The van der Waals surface area contributed by atoms with Crippen LogP contribution in [0.1, 0.15) is 12.8 Å². The van der Waals surface area contributed by atoms with Gasteiger partial charge in [-0.3, -0.25) is 13.9 Å². The fraction of sp³-hybridized carbons (Fsp3) is 0.929. The monoisotopic (exact) mass is 495 g/mol. The zero-order chi connectivity index (χ0) is 23.9. The van der Waals surface area contributed by atoms with Gasteiger partial charge in [0.2, 0.25) is 0 Å². The van der Waals surface area contributed by atoms with E-state index in [-0.39, 0.29) is 0 Å². The largest absolute Gasteiger partial charge is 0.481 e. The number of aliphatic hydroxyl groups excluding tert-OH is 5. The Morgan fingerprint density at radius 1 is 0.903 bits per heavy atom. The van der Waals surface area contributed by atoms with Gasteiger partial charge in [-0.1, -0.05) is 0 Å². The van der Waals surface area contributed by atoms with Crippen molar-refractivity contribution in [2.24, 2.45) is 11.8 Å². The van der Waals surface area contributed by atoms with Gasteiger partial charge in [-0.25, -0.2) is 0 Å². The van der Waals surface area contributed by atoms with Crippen molar-refractivity contribution in [3.8, 4) is 0 Å². The third kappa shape index (κ3) is 6.51. The van der Waals surface area contributed by atoms with Crippen molar-refractivity contribution in [3.63, 3.8) is 0 Å². The van der Waals surface area contributed by atoms with E-state index in [2.05, 4.69) is 0 Å². The van der Waals surface area contributed by atoms with E-state index >= 15 is 0 Å². The molecule has 0 aromatic carbocycles. The molecule has 10 atom stereocenters. The first kappa shape index (κ1) is 26.3. The minimum atomic E-state index is -5.01. The van der Waals surface area contributed by atoms with Gasteiger partial charge in [-0.2, -0.15) is 21.6 Å². The fourth-order valence-electron chi connectivity index (χ4n) is 4.00. The summed E-state index contributed by atoms with van der Waals surface area (Å²) in [4.78, 5) is 11.5. The molecule has 2 rings (SSSR count). The van der Waals surface area contributed by atoms with Gasteiger partial charge in [0.25, 0.3) is 10.1 Å². The van der Waals surface area contributed by atoms with E-state index in [4.69, 9.17) is 13.8 Å². The number of ether oxygens (including phenoxy) is 1. The second kappa shape index (κ2) is 9.48. The van der Waals surface area contributed by atoms with Gasteiger partial charge < -0.3 is 35.4 Å². The van der Waals surface area contributed by atoms with Crippen LogP contribution in [0.2, 0.25) is 0 Å². The summed E-state index contributed by atoms with van der Waals surface area (Å²) in [6.45, 7) is 0. The Balaban J connectivity index is 2.39. The lowest BCUT2D eigenvalue weighted by atomic mass is 9.78. The van der Waals surface area contributed by atoms with E-state index in [0.717, 1.165) is 0 Å². The number of aliphatic hydroxyl groups is 5. The standard InChI is InChI=1S/C14H25NO14S2/c16-6-2-5(14(21)22)13(12(20)10(6)18)29-7-1-4(3-30(23,24)25)9(17)11(19)8(7)15-31(26,27)28/h4-13,15-20H,1-3H2,(H,21,22)(H,23,24,25)(H,26,27,28)/t4?,5?,6-,7-,8?,9+,10?,11+,12+,13+/m1/s1. The lowest BCUT2D eigenvalue weighted by molar-refractivity contribution is -0.215. The van der Waals surface area contributed by atoms with Crippen molar-refractivity contribution in [2.75, 3.05) is 5.75 Å². The Kier molecular flexibility index (Phi) is 8.03. The summed E-state index contributed by atoms with van der Waals surface area (Å²) in [5, 5.41) is 59.6. The average molecular weight is 495 g/mol. The molecule has 17 heteroatoms. The Morgan fingerprint density at radius 2 is 1.48 bits per heavy atom. The number of carboxylic acids is 1. The molecule has 2 saturated carbocycles. The van der Waals surface area contributed by atoms with Crippen LogP contribution < -0.4 is 4.72 Å². The Labute approximate surface area is 176 Å². The van der Waals surface area contributed by atoms with Crippen molar-refractivity contribution < 1.29 is 66.1 Å². The van der Waals surface area contributed by atoms with Crippen LogP contribution in [0.3, 0.4) is 0 Å². The van der Waals surface area contributed by atoms with Crippen LogP contribution in [0.15, 0.2) is 0 Å². The lowest BCUT2D eigenvalue weighted by Crippen LogP contribution is -2.64. The molecule has 0 saturated heterocycles. The molecule has 31 heavy (non-hydrogen) atoms. The molecular formula is C14H25NO14S2. The van der Waals surface area contributed by atoms with Gasteiger partial charge in [0.05, 0.1) is 48.2 Å². The van der Waals surface area contributed by atoms with Crippen molar-refractivity contribution in [3.05, 3.63) is 0 Å². The number of aliphatic carboxylic acids is 1. The van der Waals surface area contributed by atoms with E-state index < -0.39 is 106 Å². The highest BCUT2D eigenvalue weighted by Gasteiger charge is 2.52. The summed E-state index contributed by atoms with van der Waals surface area (Å²) in [5.41, 5.74) is 0. The molecule has 0 aromatic rings. The molecule has 182 valence electrons. The van der Waals surface area contributed by atoms with Crippen molar-refractivity contribution in [1.29, 1.82) is 0 Å². The van der Waals surface area contributed by atoms with Crippen LogP contribution in [0.25, 0.3) is 0 Å². The second-order valence-corrected chi connectivity index (χ2v) is 10.4. The minimum absolute atomic E-state index is 0.555. The molecule has 0 bridgehead atoms. The number of carboxylic acid groups (broad SMARTS) is 1. The zero-order valence-corrected chi connectivity index (χ0v) is 17.4. The first-order valence-corrected chi connectivity index (χ1v) is 12.0. The highest BCUT2D eigenvalue weighted by molar-refractivity contribution is 7.85. The van der Waals surface area contributed by atoms with E-state index in [1.165, 1.54) is 0 Å². The molecule has 0 aliphatic heterocycles. The highest BCUT2D eigenvalue weighted by atomic mass is 32.2. The predicted octanol–water partition coefficient (Wildman–Crippen LogP) is -4.68. The smallest absolute Gasteiger partial charge is 0.333 e. The molecular weight excluding hydrogens is 470 g/mol. The molecule has 2 aliphatic rings. The third-order valence-electron chi connectivity index (χ3n) is 5.47. The summed E-state index contributed by atoms with van der Waals surface area (Å²) in [6.07, 6.45) is -13.9. The molecule has 9 N–H and O–H groups in total. The van der Waals surface area contributed by atoms with Gasteiger partial charge in [0.1, 0.15) is 12.2 Å². The quantitative estimate of drug-likeness (QED) is 0.150. The molecule has 0 spiro atoms. The first-order valence-electron chi connectivity index (χ1n) is 9.00. The summed E-state index contributed by atoms with van der Waals surface area (Å²) in [6, 6.07) is -1.83. The van der Waals surface area contributed by atoms with Crippen molar-refractivity contribution in [1.82, 2.24) is 4.72 Å². The fourth-order valence-corrected chi connectivity index (χ4v) is 5.51. The normalized spacial score (nSPS) is 42.3. The summed E-state index contributed by atoms with van der Waals surface area (Å²) >= 11 is 0. The first-order chi connectivity index (χ1) is 14.0. The van der Waals surface area contributed by atoms with E-state index in [9.17, 15) is 52.3 Å². The summed E-state index contributed by atoms with van der Waals surface area (Å²) in [5.74, 6) is -5.61. The molecule has 0 amide bonds. The summed E-state index contributed by atoms with van der Waals surface area (Å²) < 4.78 is 70.2. The van der Waals surface area contributed by atoms with E-state index in [1.807, 2.05) is 0 Å². The molecule has 0 heterocycles. The van der Waals surface area contributed by atoms with E-state index in [1.54, 1.807) is 4.72 Å². The van der Waals surface area contributed by atoms with Gasteiger partial charge in [0.15, 0.2) is 0 Å². The number of nitrogens with one attached hydrogen (secondary N) is 1. The maximum absolute atomic E-state index is 11.5. The SMILES string of the molecule is O=C(O)C1C[C@@H](O)C(O)[C@H](O)[C@H]1O[C@@H]1CC(CS(=O)(=O)O)[C@H](O)[C@@H](O)C1NS(=O)(=O)O. The minimum Gasteiger partial charge on any atom is -0.481 e. The molecule has 15 nitrogen and oxygen atoms in total. The van der Waals surface area contributed by atoms with Crippen LogP contribution in [0.4, 0.5) is 0 Å². The van der Waals surface area contributed by atoms with Gasteiger partial charge in [-0.15, -0.1) is 0 Å². The molecule has 2 fully saturated rings. The van der Waals surface area contributed by atoms with Crippen LogP contribution in [0.5, 0.6) is 0 Å². The Bertz CT molecular complexity index is 862. The third-order valence-corrected chi connectivity index (χ3v) is 6.89. The zero-order valence-electron chi connectivity index (χ0n) is 15.7. The Hall–Kier alpha value is -0.990. The topological polar surface area (TPSA) is 268 Å². The van der Waals surface area contributed by atoms with E-state index in [0.29, 0.717) is 0 Å². The van der Waals surface area contributed by atoms with Gasteiger partial charge in [-0.05, 0) is 12.8 Å². The van der Waals surface area contributed by atoms with Gasteiger partial charge in [0, 0.05) is 5.92 Å². The second-order valence-electron chi connectivity index (χ2n) is 7.71. The van der Waals surface area contributed by atoms with Crippen molar-refractivity contribution in [2.45, 2.75) is 61.6 Å². The maximum atomic E-state index is 11.5. The van der Waals surface area contributed by atoms with Crippen LogP contribution in [0, 0.1) is 11.8 Å². The van der Waals surface area contributed by atoms with Crippen LogP contribution in [-0.2, 0) is 30.0 Å². The van der Waals surface area contributed by atoms with Gasteiger partial charge >= 0.3 is 16.3 Å². The maximum Gasteiger partial charge on any atom is 0.333 e.